The Hall–Kier alpha value is -1.88. The van der Waals surface area contributed by atoms with Gasteiger partial charge in [0.15, 0.2) is 0 Å². The number of rotatable bonds is 7. The Bertz CT molecular complexity index is 488. The van der Waals surface area contributed by atoms with Gasteiger partial charge in [0.2, 0.25) is 11.8 Å². The van der Waals surface area contributed by atoms with Gasteiger partial charge in [0.25, 0.3) is 0 Å². The van der Waals surface area contributed by atoms with Gasteiger partial charge in [0.1, 0.15) is 0 Å². The van der Waals surface area contributed by atoms with Crippen LogP contribution in [0.2, 0.25) is 0 Å². The second kappa shape index (κ2) is 8.42. The second-order valence-electron chi connectivity index (χ2n) is 5.23. The zero-order chi connectivity index (χ0) is 15.8. The highest BCUT2D eigenvalue weighted by atomic mass is 16.2. The number of nitrogens with one attached hydrogen (secondary N) is 2. The minimum absolute atomic E-state index is 0.0701. The summed E-state index contributed by atoms with van der Waals surface area (Å²) in [4.78, 5) is 23.6. The van der Waals surface area contributed by atoms with Crippen molar-refractivity contribution in [3.05, 3.63) is 29.8 Å². The van der Waals surface area contributed by atoms with E-state index in [1.807, 2.05) is 38.1 Å². The molecular weight excluding hydrogens is 266 g/mol. The van der Waals surface area contributed by atoms with Gasteiger partial charge in [-0.1, -0.05) is 39.3 Å². The fraction of sp³-hybridized carbons (Fsp3) is 0.500. The zero-order valence-electron chi connectivity index (χ0n) is 13.0. The zero-order valence-corrected chi connectivity index (χ0v) is 13.0. The molecule has 0 bridgehead atoms. The van der Waals surface area contributed by atoms with E-state index < -0.39 is 6.04 Å². The van der Waals surface area contributed by atoms with Crippen molar-refractivity contribution in [3.8, 4) is 0 Å². The highest BCUT2D eigenvalue weighted by Gasteiger charge is 2.19. The minimum Gasteiger partial charge on any atom is -0.346 e. The summed E-state index contributed by atoms with van der Waals surface area (Å²) in [5.74, 6) is -0.455. The molecule has 0 saturated carbocycles. The van der Waals surface area contributed by atoms with Gasteiger partial charge >= 0.3 is 0 Å². The van der Waals surface area contributed by atoms with Crippen molar-refractivity contribution < 1.29 is 9.59 Å². The maximum Gasteiger partial charge on any atom is 0.243 e. The lowest BCUT2D eigenvalue weighted by molar-refractivity contribution is -0.125. The van der Waals surface area contributed by atoms with E-state index in [0.29, 0.717) is 0 Å². The van der Waals surface area contributed by atoms with Crippen LogP contribution in [0.25, 0.3) is 0 Å². The Morgan fingerprint density at radius 1 is 1.29 bits per heavy atom. The molecule has 4 N–H and O–H groups in total. The van der Waals surface area contributed by atoms with Gasteiger partial charge in [0.05, 0.1) is 12.6 Å². The molecule has 0 aliphatic carbocycles. The normalized spacial score (nSPS) is 13.3. The van der Waals surface area contributed by atoms with E-state index in [-0.39, 0.29) is 24.3 Å². The van der Waals surface area contributed by atoms with Crippen LogP contribution in [0.4, 0.5) is 5.69 Å². The number of hydrogen-bond acceptors (Lipinski definition) is 3. The molecule has 0 radical (unpaired) electrons. The van der Waals surface area contributed by atoms with Crippen LogP contribution in [0.3, 0.4) is 0 Å². The average molecular weight is 291 g/mol. The topological polar surface area (TPSA) is 84.2 Å². The summed E-state index contributed by atoms with van der Waals surface area (Å²) in [5, 5.41) is 5.33. The average Bonchev–Trinajstić information content (AvgIpc) is 2.51. The van der Waals surface area contributed by atoms with Crippen LogP contribution in [0.15, 0.2) is 24.3 Å². The fourth-order valence-corrected chi connectivity index (χ4v) is 1.87. The Balaban J connectivity index is 2.45. The van der Waals surface area contributed by atoms with E-state index in [2.05, 4.69) is 17.6 Å². The van der Waals surface area contributed by atoms with Gasteiger partial charge in [-0.2, -0.15) is 0 Å². The summed E-state index contributed by atoms with van der Waals surface area (Å²) >= 11 is 0. The monoisotopic (exact) mass is 291 g/mol. The Labute approximate surface area is 126 Å². The number of carbonyl (C=O) groups is 2. The van der Waals surface area contributed by atoms with Gasteiger partial charge in [-0.15, -0.1) is 0 Å². The van der Waals surface area contributed by atoms with Crippen molar-refractivity contribution in [2.75, 3.05) is 11.9 Å². The quantitative estimate of drug-likeness (QED) is 0.714. The molecular formula is C16H25N3O2. The van der Waals surface area contributed by atoms with Gasteiger partial charge in [0, 0.05) is 5.69 Å². The molecule has 0 aromatic heterocycles. The van der Waals surface area contributed by atoms with Crippen LogP contribution in [0.5, 0.6) is 0 Å². The second-order valence-corrected chi connectivity index (χ2v) is 5.23. The van der Waals surface area contributed by atoms with E-state index in [1.54, 1.807) is 0 Å². The number of benzene rings is 1. The number of nitrogens with two attached hydrogens (primary N) is 1. The molecule has 116 valence electrons. The number of hydrogen-bond donors (Lipinski definition) is 3. The van der Waals surface area contributed by atoms with Crippen LogP contribution in [-0.4, -0.2) is 24.4 Å². The summed E-state index contributed by atoms with van der Waals surface area (Å²) in [7, 11) is 0. The van der Waals surface area contributed by atoms with Crippen LogP contribution in [0.1, 0.15) is 32.8 Å². The number of aryl methyl sites for hydroxylation is 1. The largest absolute Gasteiger partial charge is 0.346 e. The highest BCUT2D eigenvalue weighted by Crippen LogP contribution is 2.10. The van der Waals surface area contributed by atoms with Crippen LogP contribution in [-0.2, 0) is 16.0 Å². The summed E-state index contributed by atoms with van der Waals surface area (Å²) in [6, 6.07) is 7.06. The molecule has 5 nitrogen and oxygen atoms in total. The summed E-state index contributed by atoms with van der Waals surface area (Å²) in [5.41, 5.74) is 7.69. The molecule has 0 aliphatic heterocycles. The first-order chi connectivity index (χ1) is 9.97. The van der Waals surface area contributed by atoms with Crippen molar-refractivity contribution in [1.29, 1.82) is 0 Å². The summed E-state index contributed by atoms with van der Waals surface area (Å²) < 4.78 is 0. The first-order valence-electron chi connectivity index (χ1n) is 7.40. The third-order valence-corrected chi connectivity index (χ3v) is 3.60. The number of amides is 2. The van der Waals surface area contributed by atoms with Crippen molar-refractivity contribution in [2.45, 2.75) is 39.7 Å². The molecule has 0 saturated heterocycles. The SMILES string of the molecule is CCc1cccc(NC(=O)CNC(=O)C(N)C(C)CC)c1. The predicted octanol–water partition coefficient (Wildman–Crippen LogP) is 1.68. The van der Waals surface area contributed by atoms with Crippen molar-refractivity contribution in [1.82, 2.24) is 5.32 Å². The maximum atomic E-state index is 11.8. The van der Waals surface area contributed by atoms with Crippen molar-refractivity contribution >= 4 is 17.5 Å². The molecule has 2 unspecified atom stereocenters. The third-order valence-electron chi connectivity index (χ3n) is 3.60. The Kier molecular flexibility index (Phi) is 6.88. The number of carbonyl (C=O) groups excluding carboxylic acids is 2. The van der Waals surface area contributed by atoms with Crippen LogP contribution < -0.4 is 16.4 Å². The molecule has 0 fully saturated rings. The molecule has 5 heteroatoms. The molecule has 2 amide bonds. The Morgan fingerprint density at radius 3 is 2.62 bits per heavy atom. The van der Waals surface area contributed by atoms with E-state index in [4.69, 9.17) is 5.73 Å². The van der Waals surface area contributed by atoms with E-state index in [0.717, 1.165) is 24.1 Å². The first-order valence-corrected chi connectivity index (χ1v) is 7.40. The molecule has 2 atom stereocenters. The molecule has 0 heterocycles. The first kappa shape index (κ1) is 17.2. The summed E-state index contributed by atoms with van der Waals surface area (Å²) in [6.07, 6.45) is 1.73. The molecule has 0 aliphatic rings. The molecule has 1 aromatic rings. The standard InChI is InChI=1S/C16H25N3O2/c1-4-11(3)15(17)16(21)18-10-14(20)19-13-8-6-7-12(5-2)9-13/h6-9,11,15H,4-5,10,17H2,1-3H3,(H,18,21)(H,19,20). The van der Waals surface area contributed by atoms with Gasteiger partial charge in [-0.25, -0.2) is 0 Å². The van der Waals surface area contributed by atoms with Crippen LogP contribution in [0, 0.1) is 5.92 Å². The molecule has 1 aromatic carbocycles. The smallest absolute Gasteiger partial charge is 0.243 e. The van der Waals surface area contributed by atoms with Crippen LogP contribution >= 0.6 is 0 Å². The van der Waals surface area contributed by atoms with Gasteiger partial charge in [-0.05, 0) is 30.0 Å². The number of anilines is 1. The lowest BCUT2D eigenvalue weighted by Gasteiger charge is -2.17. The molecule has 21 heavy (non-hydrogen) atoms. The Morgan fingerprint density at radius 2 is 2.00 bits per heavy atom. The molecule has 0 spiro atoms. The lowest BCUT2D eigenvalue weighted by atomic mass is 9.99. The molecule has 1 rings (SSSR count). The van der Waals surface area contributed by atoms with E-state index in [9.17, 15) is 9.59 Å². The van der Waals surface area contributed by atoms with Gasteiger partial charge in [-0.3, -0.25) is 9.59 Å². The van der Waals surface area contributed by atoms with Crippen molar-refractivity contribution in [2.24, 2.45) is 11.7 Å². The van der Waals surface area contributed by atoms with E-state index >= 15 is 0 Å². The van der Waals surface area contributed by atoms with E-state index in [1.165, 1.54) is 0 Å². The summed E-state index contributed by atoms with van der Waals surface area (Å²) in [6.45, 7) is 5.88. The predicted molar refractivity (Wildman–Crippen MR) is 84.9 cm³/mol. The minimum atomic E-state index is -0.578. The fourth-order valence-electron chi connectivity index (χ4n) is 1.87. The maximum absolute atomic E-state index is 11.8. The third kappa shape index (κ3) is 5.55. The highest BCUT2D eigenvalue weighted by molar-refractivity contribution is 5.95. The van der Waals surface area contributed by atoms with Crippen molar-refractivity contribution in [3.63, 3.8) is 0 Å². The lowest BCUT2D eigenvalue weighted by Crippen LogP contribution is -2.46. The van der Waals surface area contributed by atoms with Gasteiger partial charge < -0.3 is 16.4 Å².